The third-order valence-corrected chi connectivity index (χ3v) is 5.09. The van der Waals surface area contributed by atoms with Crippen molar-refractivity contribution in [2.75, 3.05) is 17.9 Å². The molecule has 9 heteroatoms. The zero-order valence-electron chi connectivity index (χ0n) is 11.1. The molecule has 1 heterocycles. The number of ether oxygens (including phenoxy) is 1. The Labute approximate surface area is 121 Å². The third-order valence-electron chi connectivity index (χ3n) is 3.22. The monoisotopic (exact) mass is 317 g/mol. The van der Waals surface area contributed by atoms with Crippen LogP contribution in [0, 0.1) is 5.82 Å². The van der Waals surface area contributed by atoms with Crippen LogP contribution < -0.4 is 10.5 Å². The number of amidine groups is 1. The Morgan fingerprint density at radius 2 is 2.10 bits per heavy atom. The molecule has 0 aromatic heterocycles. The fourth-order valence-corrected chi connectivity index (χ4v) is 3.51. The van der Waals surface area contributed by atoms with Gasteiger partial charge in [0.1, 0.15) is 5.82 Å². The highest BCUT2D eigenvalue weighted by molar-refractivity contribution is 7.93. The van der Waals surface area contributed by atoms with E-state index in [1.165, 1.54) is 12.1 Å². The van der Waals surface area contributed by atoms with E-state index >= 15 is 0 Å². The van der Waals surface area contributed by atoms with Gasteiger partial charge in [0.05, 0.1) is 10.8 Å². The first-order valence-electron chi connectivity index (χ1n) is 6.31. The third kappa shape index (κ3) is 3.61. The van der Waals surface area contributed by atoms with Crippen molar-refractivity contribution in [3.63, 3.8) is 0 Å². The van der Waals surface area contributed by atoms with E-state index in [0.717, 1.165) is 6.07 Å². The molecular weight excluding hydrogens is 301 g/mol. The van der Waals surface area contributed by atoms with Crippen molar-refractivity contribution in [2.24, 2.45) is 10.9 Å². The molecule has 0 bridgehead atoms. The minimum absolute atomic E-state index is 0.157. The lowest BCUT2D eigenvalue weighted by molar-refractivity contribution is 0.0984. The van der Waals surface area contributed by atoms with Crippen LogP contribution in [0.5, 0.6) is 0 Å². The van der Waals surface area contributed by atoms with Gasteiger partial charge in [-0.1, -0.05) is 5.16 Å². The topological polar surface area (TPSA) is 114 Å². The maximum atomic E-state index is 13.5. The van der Waals surface area contributed by atoms with Crippen molar-refractivity contribution in [3.8, 4) is 0 Å². The standard InChI is InChI=1S/C12H16FN3O4S/c13-11-2-1-8(7-10(11)12(14)15-17)16-21(18,19)9-3-5-20-6-4-9/h1-2,7,9,16-17H,3-6H2,(H2,14,15). The molecule has 21 heavy (non-hydrogen) atoms. The SMILES string of the molecule is NC(=NO)c1cc(NS(=O)(=O)C2CCOCC2)ccc1F. The minimum Gasteiger partial charge on any atom is -0.409 e. The van der Waals surface area contributed by atoms with Gasteiger partial charge in [-0.3, -0.25) is 4.72 Å². The molecule has 1 saturated heterocycles. The Hall–Kier alpha value is -1.87. The van der Waals surface area contributed by atoms with Crippen molar-refractivity contribution in [2.45, 2.75) is 18.1 Å². The highest BCUT2D eigenvalue weighted by atomic mass is 32.2. The van der Waals surface area contributed by atoms with Gasteiger partial charge in [-0.25, -0.2) is 12.8 Å². The van der Waals surface area contributed by atoms with Gasteiger partial charge in [-0.05, 0) is 31.0 Å². The minimum atomic E-state index is -3.59. The fraction of sp³-hybridized carbons (Fsp3) is 0.417. The molecule has 2 rings (SSSR count). The van der Waals surface area contributed by atoms with Gasteiger partial charge < -0.3 is 15.7 Å². The van der Waals surface area contributed by atoms with Gasteiger partial charge >= 0.3 is 0 Å². The van der Waals surface area contributed by atoms with Crippen LogP contribution in [-0.2, 0) is 14.8 Å². The first kappa shape index (κ1) is 15.5. The number of hydrogen-bond donors (Lipinski definition) is 3. The van der Waals surface area contributed by atoms with Crippen LogP contribution in [0.1, 0.15) is 18.4 Å². The van der Waals surface area contributed by atoms with Gasteiger partial charge in [-0.15, -0.1) is 0 Å². The molecule has 0 radical (unpaired) electrons. The second-order valence-corrected chi connectivity index (χ2v) is 6.60. The highest BCUT2D eigenvalue weighted by Crippen LogP contribution is 2.21. The quantitative estimate of drug-likeness (QED) is 0.329. The summed E-state index contributed by atoms with van der Waals surface area (Å²) >= 11 is 0. The Bertz CT molecular complexity index is 642. The lowest BCUT2D eigenvalue weighted by Gasteiger charge is -2.22. The Kier molecular flexibility index (Phi) is 4.63. The first-order chi connectivity index (χ1) is 9.94. The number of hydrogen-bond acceptors (Lipinski definition) is 5. The summed E-state index contributed by atoms with van der Waals surface area (Å²) in [6, 6.07) is 3.51. The van der Waals surface area contributed by atoms with E-state index < -0.39 is 26.9 Å². The van der Waals surface area contributed by atoms with Crippen molar-refractivity contribution >= 4 is 21.5 Å². The molecule has 4 N–H and O–H groups in total. The van der Waals surface area contributed by atoms with E-state index in [0.29, 0.717) is 26.1 Å². The second kappa shape index (κ2) is 6.27. The summed E-state index contributed by atoms with van der Waals surface area (Å²) in [5.41, 5.74) is 5.32. The largest absolute Gasteiger partial charge is 0.409 e. The summed E-state index contributed by atoms with van der Waals surface area (Å²) in [4.78, 5) is 0. The molecule has 116 valence electrons. The highest BCUT2D eigenvalue weighted by Gasteiger charge is 2.27. The predicted octanol–water partition coefficient (Wildman–Crippen LogP) is 0.841. The molecule has 0 amide bonds. The van der Waals surface area contributed by atoms with Crippen LogP contribution in [0.4, 0.5) is 10.1 Å². The zero-order valence-corrected chi connectivity index (χ0v) is 11.9. The summed E-state index contributed by atoms with van der Waals surface area (Å²) in [5, 5.41) is 10.7. The Morgan fingerprint density at radius 3 is 2.71 bits per heavy atom. The smallest absolute Gasteiger partial charge is 0.235 e. The number of sulfonamides is 1. The molecular formula is C12H16FN3O4S. The van der Waals surface area contributed by atoms with E-state index in [1.807, 2.05) is 0 Å². The second-order valence-electron chi connectivity index (χ2n) is 4.64. The molecule has 1 aromatic carbocycles. The van der Waals surface area contributed by atoms with Crippen molar-refractivity contribution in [3.05, 3.63) is 29.6 Å². The normalized spacial score (nSPS) is 17.7. The molecule has 0 atom stereocenters. The number of oxime groups is 1. The molecule has 1 fully saturated rings. The number of benzene rings is 1. The van der Waals surface area contributed by atoms with Crippen LogP contribution in [0.25, 0.3) is 0 Å². The summed E-state index contributed by atoms with van der Waals surface area (Å²) in [7, 11) is -3.59. The van der Waals surface area contributed by atoms with Crippen molar-refractivity contribution in [1.29, 1.82) is 0 Å². The summed E-state index contributed by atoms with van der Waals surface area (Å²) in [6.45, 7) is 0.786. The van der Waals surface area contributed by atoms with Crippen molar-refractivity contribution < 1.29 is 22.8 Å². The number of anilines is 1. The maximum absolute atomic E-state index is 13.5. The molecule has 1 aromatic rings. The number of nitrogens with one attached hydrogen (secondary N) is 1. The van der Waals surface area contributed by atoms with Gasteiger partial charge in [0.25, 0.3) is 0 Å². The maximum Gasteiger partial charge on any atom is 0.235 e. The molecule has 0 unspecified atom stereocenters. The average molecular weight is 317 g/mol. The Morgan fingerprint density at radius 1 is 1.43 bits per heavy atom. The van der Waals surface area contributed by atoms with Crippen LogP contribution in [0.15, 0.2) is 23.4 Å². The van der Waals surface area contributed by atoms with E-state index in [1.54, 1.807) is 0 Å². The summed E-state index contributed by atoms with van der Waals surface area (Å²) in [5.74, 6) is -1.14. The summed E-state index contributed by atoms with van der Waals surface area (Å²) in [6.07, 6.45) is 0.813. The summed E-state index contributed by atoms with van der Waals surface area (Å²) < 4.78 is 45.5. The molecule has 0 spiro atoms. The van der Waals surface area contributed by atoms with E-state index in [2.05, 4.69) is 9.88 Å². The molecule has 0 saturated carbocycles. The van der Waals surface area contributed by atoms with E-state index in [-0.39, 0.29) is 11.3 Å². The van der Waals surface area contributed by atoms with E-state index in [9.17, 15) is 12.8 Å². The number of rotatable bonds is 4. The van der Waals surface area contributed by atoms with Gasteiger partial charge in [0.2, 0.25) is 10.0 Å². The average Bonchev–Trinajstić information content (AvgIpc) is 2.49. The lowest BCUT2D eigenvalue weighted by Crippen LogP contribution is -2.33. The number of halogens is 1. The van der Waals surface area contributed by atoms with E-state index in [4.69, 9.17) is 15.7 Å². The van der Waals surface area contributed by atoms with Gasteiger partial charge in [-0.2, -0.15) is 0 Å². The molecule has 1 aliphatic heterocycles. The van der Waals surface area contributed by atoms with Crippen LogP contribution in [0.3, 0.4) is 0 Å². The molecule has 0 aliphatic carbocycles. The van der Waals surface area contributed by atoms with Crippen LogP contribution in [0.2, 0.25) is 0 Å². The first-order valence-corrected chi connectivity index (χ1v) is 7.85. The predicted molar refractivity (Wildman–Crippen MR) is 75.3 cm³/mol. The fourth-order valence-electron chi connectivity index (χ4n) is 2.07. The van der Waals surface area contributed by atoms with Gasteiger partial charge in [0, 0.05) is 18.9 Å². The molecule has 7 nitrogen and oxygen atoms in total. The van der Waals surface area contributed by atoms with Crippen LogP contribution >= 0.6 is 0 Å². The number of nitrogens with zero attached hydrogens (tertiary/aromatic N) is 1. The van der Waals surface area contributed by atoms with Crippen LogP contribution in [-0.4, -0.2) is 37.9 Å². The molecule has 1 aliphatic rings. The number of nitrogens with two attached hydrogens (primary N) is 1. The lowest BCUT2D eigenvalue weighted by atomic mass is 10.2. The van der Waals surface area contributed by atoms with Gasteiger partial charge in [0.15, 0.2) is 5.84 Å². The Balaban J connectivity index is 2.23. The zero-order chi connectivity index (χ0) is 15.5. The van der Waals surface area contributed by atoms with Crippen molar-refractivity contribution in [1.82, 2.24) is 0 Å².